The van der Waals surface area contributed by atoms with E-state index in [4.69, 9.17) is 5.11 Å². The Labute approximate surface area is 96.8 Å². The van der Waals surface area contributed by atoms with Crippen LogP contribution in [-0.2, 0) is 0 Å². The van der Waals surface area contributed by atoms with Crippen molar-refractivity contribution in [3.63, 3.8) is 0 Å². The third-order valence-electron chi connectivity index (χ3n) is 2.15. The zero-order valence-corrected chi connectivity index (χ0v) is 9.34. The van der Waals surface area contributed by atoms with Crippen LogP contribution in [0.1, 0.15) is 10.4 Å². The van der Waals surface area contributed by atoms with Crippen molar-refractivity contribution in [2.45, 2.75) is 0 Å². The number of rotatable bonds is 1. The second-order valence-electron chi connectivity index (χ2n) is 3.15. The standard InChI is InChI=1S/C10H5BrFNO3/c11-6-1-4-8(2-7(6)12)13-3-5(9(4)14)10(15)16/h1-3H,(H,13,14)(H,15,16). The molecule has 0 unspecified atom stereocenters. The third-order valence-corrected chi connectivity index (χ3v) is 2.76. The van der Waals surface area contributed by atoms with Gasteiger partial charge in [0.25, 0.3) is 0 Å². The van der Waals surface area contributed by atoms with Crippen molar-refractivity contribution in [3.05, 3.63) is 44.4 Å². The molecule has 0 saturated heterocycles. The van der Waals surface area contributed by atoms with Gasteiger partial charge in [-0.25, -0.2) is 9.18 Å². The zero-order chi connectivity index (χ0) is 11.9. The van der Waals surface area contributed by atoms with Crippen LogP contribution < -0.4 is 5.43 Å². The zero-order valence-electron chi connectivity index (χ0n) is 7.75. The van der Waals surface area contributed by atoms with Gasteiger partial charge in [0.15, 0.2) is 0 Å². The van der Waals surface area contributed by atoms with Crippen molar-refractivity contribution < 1.29 is 14.3 Å². The van der Waals surface area contributed by atoms with Crippen molar-refractivity contribution in [1.82, 2.24) is 4.98 Å². The molecule has 0 spiro atoms. The van der Waals surface area contributed by atoms with Crippen LogP contribution >= 0.6 is 15.9 Å². The molecule has 1 aromatic carbocycles. The molecule has 0 fully saturated rings. The predicted octanol–water partition coefficient (Wildman–Crippen LogP) is 2.13. The number of H-pyrrole nitrogens is 1. The SMILES string of the molecule is O=C(O)c1c[nH]c2cc(F)c(Br)cc2c1=O. The minimum absolute atomic E-state index is 0.119. The number of carboxylic acids is 1. The second-order valence-corrected chi connectivity index (χ2v) is 4.00. The van der Waals surface area contributed by atoms with Gasteiger partial charge in [0.05, 0.1) is 9.99 Å². The van der Waals surface area contributed by atoms with E-state index < -0.39 is 17.2 Å². The quantitative estimate of drug-likeness (QED) is 0.843. The van der Waals surface area contributed by atoms with Gasteiger partial charge in [-0.1, -0.05) is 0 Å². The maximum absolute atomic E-state index is 13.2. The molecule has 0 aliphatic heterocycles. The van der Waals surface area contributed by atoms with E-state index in [-0.39, 0.29) is 20.9 Å². The normalized spacial score (nSPS) is 10.6. The van der Waals surface area contributed by atoms with E-state index in [0.717, 1.165) is 12.3 Å². The summed E-state index contributed by atoms with van der Waals surface area (Å²) in [5.41, 5.74) is -0.747. The number of halogens is 2. The highest BCUT2D eigenvalue weighted by atomic mass is 79.9. The molecule has 4 nitrogen and oxygen atoms in total. The molecule has 0 atom stereocenters. The molecule has 2 rings (SSSR count). The van der Waals surface area contributed by atoms with Crippen molar-refractivity contribution in [2.24, 2.45) is 0 Å². The lowest BCUT2D eigenvalue weighted by atomic mass is 10.1. The van der Waals surface area contributed by atoms with Gasteiger partial charge in [0, 0.05) is 11.6 Å². The Balaban J connectivity index is 2.90. The number of nitrogens with one attached hydrogen (secondary N) is 1. The van der Waals surface area contributed by atoms with Gasteiger partial charge in [-0.2, -0.15) is 0 Å². The summed E-state index contributed by atoms with van der Waals surface area (Å²) in [5, 5.41) is 8.88. The molecule has 0 radical (unpaired) electrons. The fourth-order valence-corrected chi connectivity index (χ4v) is 1.72. The van der Waals surface area contributed by atoms with Gasteiger partial charge in [-0.05, 0) is 28.1 Å². The maximum atomic E-state index is 13.2. The number of aromatic nitrogens is 1. The molecule has 0 amide bonds. The van der Waals surface area contributed by atoms with Crippen molar-refractivity contribution >= 4 is 32.8 Å². The summed E-state index contributed by atoms with van der Waals surface area (Å²) in [7, 11) is 0. The molecule has 0 saturated carbocycles. The van der Waals surface area contributed by atoms with Crippen molar-refractivity contribution in [3.8, 4) is 0 Å². The summed E-state index contributed by atoms with van der Waals surface area (Å²) in [6, 6.07) is 2.39. The van der Waals surface area contributed by atoms with Gasteiger partial charge in [-0.15, -0.1) is 0 Å². The highest BCUT2D eigenvalue weighted by Crippen LogP contribution is 2.20. The van der Waals surface area contributed by atoms with Crippen LogP contribution in [-0.4, -0.2) is 16.1 Å². The average Bonchev–Trinajstić information content (AvgIpc) is 2.21. The van der Waals surface area contributed by atoms with E-state index in [1.807, 2.05) is 0 Å². The predicted molar refractivity (Wildman–Crippen MR) is 59.2 cm³/mol. The summed E-state index contributed by atoms with van der Waals surface area (Å²) in [6.07, 6.45) is 1.06. The number of pyridine rings is 1. The summed E-state index contributed by atoms with van der Waals surface area (Å²) in [4.78, 5) is 25.0. The van der Waals surface area contributed by atoms with Gasteiger partial charge in [0.2, 0.25) is 5.43 Å². The molecule has 0 bridgehead atoms. The van der Waals surface area contributed by atoms with Gasteiger partial charge in [0.1, 0.15) is 11.4 Å². The Kier molecular flexibility index (Phi) is 2.51. The number of hydrogen-bond acceptors (Lipinski definition) is 2. The smallest absolute Gasteiger partial charge is 0.341 e. The first-order chi connectivity index (χ1) is 7.50. The molecule has 1 aromatic heterocycles. The molecular weight excluding hydrogens is 281 g/mol. The van der Waals surface area contributed by atoms with Gasteiger partial charge in [-0.3, -0.25) is 4.79 Å². The van der Waals surface area contributed by atoms with Crippen LogP contribution in [0.15, 0.2) is 27.6 Å². The van der Waals surface area contributed by atoms with E-state index in [0.29, 0.717) is 0 Å². The number of aromatic carboxylic acids is 1. The number of carbonyl (C=O) groups is 1. The van der Waals surface area contributed by atoms with Crippen LogP contribution in [0.2, 0.25) is 0 Å². The third kappa shape index (κ3) is 1.61. The maximum Gasteiger partial charge on any atom is 0.341 e. The number of hydrogen-bond donors (Lipinski definition) is 2. The van der Waals surface area contributed by atoms with Crippen LogP contribution in [0.4, 0.5) is 4.39 Å². The first kappa shape index (κ1) is 10.8. The fourth-order valence-electron chi connectivity index (χ4n) is 1.37. The minimum Gasteiger partial charge on any atom is -0.477 e. The first-order valence-electron chi connectivity index (χ1n) is 4.24. The molecule has 6 heteroatoms. The largest absolute Gasteiger partial charge is 0.477 e. The molecule has 0 aliphatic rings. The van der Waals surface area contributed by atoms with E-state index in [1.165, 1.54) is 6.07 Å². The Morgan fingerprint density at radius 3 is 2.75 bits per heavy atom. The van der Waals surface area contributed by atoms with Crippen LogP contribution in [0.25, 0.3) is 10.9 Å². The summed E-state index contributed by atoms with van der Waals surface area (Å²) >= 11 is 2.94. The highest BCUT2D eigenvalue weighted by Gasteiger charge is 2.12. The summed E-state index contributed by atoms with van der Waals surface area (Å²) < 4.78 is 13.3. The fraction of sp³-hybridized carbons (Fsp3) is 0. The van der Waals surface area contributed by atoms with E-state index in [1.54, 1.807) is 0 Å². The number of aromatic amines is 1. The molecule has 1 heterocycles. The average molecular weight is 286 g/mol. The van der Waals surface area contributed by atoms with Crippen LogP contribution in [0.5, 0.6) is 0 Å². The molecule has 0 aliphatic carbocycles. The summed E-state index contributed by atoms with van der Waals surface area (Å²) in [5.74, 6) is -1.84. The van der Waals surface area contributed by atoms with Crippen LogP contribution in [0.3, 0.4) is 0 Å². The number of fused-ring (bicyclic) bond motifs is 1. The highest BCUT2D eigenvalue weighted by molar-refractivity contribution is 9.10. The van der Waals surface area contributed by atoms with Crippen LogP contribution in [0, 0.1) is 5.82 Å². The minimum atomic E-state index is -1.32. The van der Waals surface area contributed by atoms with Crippen molar-refractivity contribution in [1.29, 1.82) is 0 Å². The molecule has 2 aromatic rings. The first-order valence-corrected chi connectivity index (χ1v) is 5.03. The Morgan fingerprint density at radius 2 is 2.12 bits per heavy atom. The molecule has 16 heavy (non-hydrogen) atoms. The van der Waals surface area contributed by atoms with E-state index >= 15 is 0 Å². The second kappa shape index (κ2) is 3.71. The summed E-state index contributed by atoms with van der Waals surface area (Å²) in [6.45, 7) is 0. The van der Waals surface area contributed by atoms with E-state index in [9.17, 15) is 14.0 Å². The molecule has 82 valence electrons. The van der Waals surface area contributed by atoms with E-state index in [2.05, 4.69) is 20.9 Å². The lowest BCUT2D eigenvalue weighted by Gasteiger charge is -2.01. The Hall–Kier alpha value is -1.69. The monoisotopic (exact) mass is 285 g/mol. The van der Waals surface area contributed by atoms with Gasteiger partial charge >= 0.3 is 5.97 Å². The topological polar surface area (TPSA) is 70.2 Å². The number of carboxylic acid groups (broad SMARTS) is 1. The lowest BCUT2D eigenvalue weighted by molar-refractivity contribution is 0.0695. The molecule has 2 N–H and O–H groups in total. The van der Waals surface area contributed by atoms with Crippen molar-refractivity contribution in [2.75, 3.05) is 0 Å². The Morgan fingerprint density at radius 1 is 1.44 bits per heavy atom. The lowest BCUT2D eigenvalue weighted by Crippen LogP contribution is -2.15. The molecular formula is C10H5BrFNO3. The number of benzene rings is 1. The van der Waals surface area contributed by atoms with Gasteiger partial charge < -0.3 is 10.1 Å². The Bertz CT molecular complexity index is 650.